The average Bonchev–Trinajstić information content (AvgIpc) is 2.49. The van der Waals surface area contributed by atoms with Crippen LogP contribution >= 0.6 is 0 Å². The molecule has 1 atom stereocenters. The molecule has 3 rings (SSSR count). The molecule has 0 unspecified atom stereocenters. The lowest BCUT2D eigenvalue weighted by molar-refractivity contribution is -0.124. The quantitative estimate of drug-likeness (QED) is 0.931. The number of hydrogen-bond acceptors (Lipinski definition) is 4. The molecule has 1 aromatic carbocycles. The molecule has 122 valence electrons. The molecule has 0 spiro atoms. The fourth-order valence-electron chi connectivity index (χ4n) is 3.00. The third-order valence-electron chi connectivity index (χ3n) is 4.12. The van der Waals surface area contributed by atoms with Gasteiger partial charge in [-0.2, -0.15) is 5.10 Å². The summed E-state index contributed by atoms with van der Waals surface area (Å²) in [4.78, 5) is 24.6. The van der Waals surface area contributed by atoms with E-state index in [1.165, 1.54) is 4.68 Å². The molecule has 1 N–H and O–H groups in total. The summed E-state index contributed by atoms with van der Waals surface area (Å²) in [7, 11) is 0. The number of ether oxygens (including phenoxy) is 1. The Kier molecular flexibility index (Phi) is 4.17. The number of fused-ring (bicyclic) bond motifs is 1. The summed E-state index contributed by atoms with van der Waals surface area (Å²) in [5.74, 6) is -0.197. The second-order valence-corrected chi connectivity index (χ2v) is 6.56. The number of rotatable bonds is 3. The molecule has 0 saturated carbocycles. The maximum Gasteiger partial charge on any atom is 0.275 e. The van der Waals surface area contributed by atoms with Crippen molar-refractivity contribution in [2.45, 2.75) is 44.9 Å². The van der Waals surface area contributed by atoms with Gasteiger partial charge in [0.05, 0.1) is 17.2 Å². The van der Waals surface area contributed by atoms with E-state index in [1.807, 2.05) is 26.0 Å². The fraction of sp³-hybridized carbons (Fsp3) is 0.471. The third kappa shape index (κ3) is 3.59. The van der Waals surface area contributed by atoms with Gasteiger partial charge in [-0.1, -0.05) is 18.2 Å². The minimum absolute atomic E-state index is 0.0680. The van der Waals surface area contributed by atoms with Crippen LogP contribution in [0.5, 0.6) is 0 Å². The van der Waals surface area contributed by atoms with Crippen molar-refractivity contribution in [2.75, 3.05) is 6.61 Å². The van der Waals surface area contributed by atoms with E-state index in [2.05, 4.69) is 10.4 Å². The van der Waals surface area contributed by atoms with Crippen LogP contribution in [-0.2, 0) is 16.1 Å². The van der Waals surface area contributed by atoms with Crippen LogP contribution < -0.4 is 10.9 Å². The van der Waals surface area contributed by atoms with Gasteiger partial charge in [0.15, 0.2) is 0 Å². The van der Waals surface area contributed by atoms with E-state index in [0.29, 0.717) is 12.0 Å². The Morgan fingerprint density at radius 1 is 1.43 bits per heavy atom. The normalized spacial score (nSPS) is 20.3. The van der Waals surface area contributed by atoms with Crippen LogP contribution in [0.15, 0.2) is 35.3 Å². The summed E-state index contributed by atoms with van der Waals surface area (Å²) in [6.07, 6.45) is 3.16. The van der Waals surface area contributed by atoms with Crippen molar-refractivity contribution in [1.82, 2.24) is 15.1 Å². The third-order valence-corrected chi connectivity index (χ3v) is 4.12. The number of carbonyl (C=O) groups is 1. The smallest absolute Gasteiger partial charge is 0.275 e. The highest BCUT2D eigenvalue weighted by Crippen LogP contribution is 2.23. The van der Waals surface area contributed by atoms with Crippen LogP contribution in [0, 0.1) is 0 Å². The predicted molar refractivity (Wildman–Crippen MR) is 87.2 cm³/mol. The summed E-state index contributed by atoms with van der Waals surface area (Å²) < 4.78 is 6.85. The molecule has 0 radical (unpaired) electrons. The monoisotopic (exact) mass is 315 g/mol. The number of nitrogens with one attached hydrogen (secondary N) is 1. The minimum atomic E-state index is -0.245. The highest BCUT2D eigenvalue weighted by atomic mass is 16.5. The molecule has 1 fully saturated rings. The largest absolute Gasteiger partial charge is 0.375 e. The number of benzene rings is 1. The van der Waals surface area contributed by atoms with Crippen molar-refractivity contribution in [2.24, 2.45) is 0 Å². The highest BCUT2D eigenvalue weighted by Gasteiger charge is 2.29. The summed E-state index contributed by atoms with van der Waals surface area (Å²) >= 11 is 0. The molecule has 1 saturated heterocycles. The fourth-order valence-corrected chi connectivity index (χ4v) is 3.00. The zero-order valence-electron chi connectivity index (χ0n) is 13.4. The Labute approximate surface area is 134 Å². The van der Waals surface area contributed by atoms with Gasteiger partial charge >= 0.3 is 0 Å². The second-order valence-electron chi connectivity index (χ2n) is 6.56. The SMILES string of the molecule is CC1(C)C[C@H](NC(=O)Cn2ncc3ccccc3c2=O)CCO1. The Hall–Kier alpha value is -2.21. The molecular formula is C17H21N3O3. The van der Waals surface area contributed by atoms with Crippen LogP contribution in [-0.4, -0.2) is 33.9 Å². The summed E-state index contributed by atoms with van der Waals surface area (Å²) in [6, 6.07) is 7.31. The summed E-state index contributed by atoms with van der Waals surface area (Å²) in [5, 5.41) is 8.42. The zero-order chi connectivity index (χ0) is 16.4. The molecule has 23 heavy (non-hydrogen) atoms. The molecule has 0 aliphatic carbocycles. The van der Waals surface area contributed by atoms with E-state index in [9.17, 15) is 9.59 Å². The number of nitrogens with zero attached hydrogens (tertiary/aromatic N) is 2. The van der Waals surface area contributed by atoms with E-state index in [-0.39, 0.29) is 29.7 Å². The molecule has 0 bridgehead atoms. The Morgan fingerprint density at radius 2 is 2.22 bits per heavy atom. The first-order valence-electron chi connectivity index (χ1n) is 7.83. The molecule has 6 nitrogen and oxygen atoms in total. The van der Waals surface area contributed by atoms with E-state index < -0.39 is 0 Å². The van der Waals surface area contributed by atoms with Gasteiger partial charge in [-0.25, -0.2) is 4.68 Å². The molecule has 2 heterocycles. The van der Waals surface area contributed by atoms with E-state index in [4.69, 9.17) is 4.74 Å². The number of aromatic nitrogens is 2. The van der Waals surface area contributed by atoms with E-state index in [0.717, 1.165) is 18.2 Å². The van der Waals surface area contributed by atoms with E-state index >= 15 is 0 Å². The van der Waals surface area contributed by atoms with Crippen molar-refractivity contribution in [1.29, 1.82) is 0 Å². The molecule has 1 amide bonds. The minimum Gasteiger partial charge on any atom is -0.375 e. The summed E-state index contributed by atoms with van der Waals surface area (Å²) in [6.45, 7) is 4.59. The Bertz CT molecular complexity index is 782. The maximum absolute atomic E-state index is 12.4. The van der Waals surface area contributed by atoms with Crippen LogP contribution in [0.25, 0.3) is 10.8 Å². The molecule has 1 aliphatic heterocycles. The standard InChI is InChI=1S/C17H21N3O3/c1-17(2)9-13(7-8-23-17)19-15(21)11-20-16(22)14-6-4-3-5-12(14)10-18-20/h3-6,10,13H,7-9,11H2,1-2H3,(H,19,21)/t13-/m1/s1. The number of amides is 1. The Balaban J connectivity index is 1.71. The van der Waals surface area contributed by atoms with Crippen molar-refractivity contribution in [3.63, 3.8) is 0 Å². The van der Waals surface area contributed by atoms with Gasteiger partial charge < -0.3 is 10.1 Å². The molecule has 1 aliphatic rings. The molecule has 1 aromatic heterocycles. The zero-order valence-corrected chi connectivity index (χ0v) is 13.4. The van der Waals surface area contributed by atoms with Crippen LogP contribution in [0.2, 0.25) is 0 Å². The Morgan fingerprint density at radius 3 is 3.00 bits per heavy atom. The predicted octanol–water partition coefficient (Wildman–Crippen LogP) is 1.47. The topological polar surface area (TPSA) is 73.2 Å². The molecule has 2 aromatic rings. The van der Waals surface area contributed by atoms with Crippen molar-refractivity contribution in [3.8, 4) is 0 Å². The second kappa shape index (κ2) is 6.12. The maximum atomic E-state index is 12.4. The van der Waals surface area contributed by atoms with Crippen molar-refractivity contribution >= 4 is 16.7 Å². The highest BCUT2D eigenvalue weighted by molar-refractivity contribution is 5.81. The van der Waals surface area contributed by atoms with Gasteiger partial charge in [0.25, 0.3) is 5.56 Å². The van der Waals surface area contributed by atoms with Crippen LogP contribution in [0.3, 0.4) is 0 Å². The lowest BCUT2D eigenvalue weighted by atomic mass is 9.94. The van der Waals surface area contributed by atoms with Crippen molar-refractivity contribution in [3.05, 3.63) is 40.8 Å². The van der Waals surface area contributed by atoms with Crippen LogP contribution in [0.4, 0.5) is 0 Å². The summed E-state index contributed by atoms with van der Waals surface area (Å²) in [5.41, 5.74) is -0.473. The van der Waals surface area contributed by atoms with Gasteiger partial charge in [0.1, 0.15) is 6.54 Å². The van der Waals surface area contributed by atoms with Gasteiger partial charge in [-0.3, -0.25) is 9.59 Å². The van der Waals surface area contributed by atoms with Gasteiger partial charge in [-0.05, 0) is 32.8 Å². The van der Waals surface area contributed by atoms with Crippen molar-refractivity contribution < 1.29 is 9.53 Å². The lowest BCUT2D eigenvalue weighted by Gasteiger charge is -2.35. The first kappa shape index (κ1) is 15.7. The van der Waals surface area contributed by atoms with Gasteiger partial charge in [0, 0.05) is 18.0 Å². The first-order valence-corrected chi connectivity index (χ1v) is 7.83. The van der Waals surface area contributed by atoms with Gasteiger partial charge in [-0.15, -0.1) is 0 Å². The van der Waals surface area contributed by atoms with Crippen LogP contribution in [0.1, 0.15) is 26.7 Å². The molecular weight excluding hydrogens is 294 g/mol. The lowest BCUT2D eigenvalue weighted by Crippen LogP contribution is -2.47. The molecule has 6 heteroatoms. The number of hydrogen-bond donors (Lipinski definition) is 1. The average molecular weight is 315 g/mol. The number of carbonyl (C=O) groups excluding carboxylic acids is 1. The first-order chi connectivity index (χ1) is 10.9. The van der Waals surface area contributed by atoms with Gasteiger partial charge in [0.2, 0.25) is 5.91 Å². The van der Waals surface area contributed by atoms with E-state index in [1.54, 1.807) is 18.3 Å².